The van der Waals surface area contributed by atoms with E-state index in [4.69, 9.17) is 4.74 Å². The van der Waals surface area contributed by atoms with Gasteiger partial charge in [0.05, 0.1) is 19.1 Å². The average Bonchev–Trinajstić information content (AvgIpc) is 2.87. The Morgan fingerprint density at radius 2 is 1.83 bits per heavy atom. The molecule has 3 aromatic carbocycles. The molecule has 180 valence electrons. The second-order valence-corrected chi connectivity index (χ2v) is 9.57. The summed E-state index contributed by atoms with van der Waals surface area (Å²) in [6.07, 6.45) is 2.02. The van der Waals surface area contributed by atoms with E-state index in [2.05, 4.69) is 21.2 Å². The van der Waals surface area contributed by atoms with E-state index in [1.165, 1.54) is 0 Å². The smallest absolute Gasteiger partial charge is 0.254 e. The number of nitrogens with one attached hydrogen (secondary N) is 1. The van der Waals surface area contributed by atoms with Gasteiger partial charge < -0.3 is 15.0 Å². The lowest BCUT2D eigenvalue weighted by molar-refractivity contribution is -0.123. The number of hydrogen-bond acceptors (Lipinski definition) is 3. The molecule has 2 unspecified atom stereocenters. The number of fused-ring (bicyclic) bond motifs is 1. The van der Waals surface area contributed by atoms with E-state index in [1.54, 1.807) is 25.1 Å². The van der Waals surface area contributed by atoms with Gasteiger partial charge in [0, 0.05) is 29.2 Å². The van der Waals surface area contributed by atoms with Crippen molar-refractivity contribution in [2.75, 3.05) is 14.2 Å². The van der Waals surface area contributed by atoms with Crippen LogP contribution in [0.2, 0.25) is 0 Å². The lowest BCUT2D eigenvalue weighted by Gasteiger charge is -2.41. The Morgan fingerprint density at radius 3 is 2.54 bits per heavy atom. The van der Waals surface area contributed by atoms with E-state index in [1.807, 2.05) is 80.6 Å². The number of carbonyl (C=O) groups excluding carboxylic acids is 2. The molecule has 0 radical (unpaired) electrons. The van der Waals surface area contributed by atoms with Crippen LogP contribution >= 0.6 is 15.9 Å². The first-order chi connectivity index (χ1) is 16.9. The number of carbonyl (C=O) groups is 2. The van der Waals surface area contributed by atoms with Gasteiger partial charge in [-0.15, -0.1) is 0 Å². The van der Waals surface area contributed by atoms with Gasteiger partial charge in [-0.2, -0.15) is 0 Å². The molecule has 0 fully saturated rings. The van der Waals surface area contributed by atoms with Gasteiger partial charge in [0.1, 0.15) is 5.75 Å². The Balaban J connectivity index is 1.77. The number of benzene rings is 3. The van der Waals surface area contributed by atoms with E-state index in [0.29, 0.717) is 17.9 Å². The summed E-state index contributed by atoms with van der Waals surface area (Å²) in [6, 6.07) is 20.7. The van der Waals surface area contributed by atoms with Crippen molar-refractivity contribution < 1.29 is 14.3 Å². The molecule has 0 saturated heterocycles. The summed E-state index contributed by atoms with van der Waals surface area (Å²) < 4.78 is 6.39. The van der Waals surface area contributed by atoms with Crippen molar-refractivity contribution in [3.05, 3.63) is 105 Å². The number of aryl methyl sites for hydroxylation is 1. The fraction of sp³-hybridized carbons (Fsp3) is 0.241. The fourth-order valence-electron chi connectivity index (χ4n) is 4.91. The average molecular weight is 533 g/mol. The molecule has 1 N–H and O–H groups in total. The first-order valence-corrected chi connectivity index (χ1v) is 12.3. The van der Waals surface area contributed by atoms with Gasteiger partial charge in [0.2, 0.25) is 5.91 Å². The minimum atomic E-state index is -0.571. The van der Waals surface area contributed by atoms with Gasteiger partial charge >= 0.3 is 0 Å². The van der Waals surface area contributed by atoms with E-state index in [0.717, 1.165) is 32.3 Å². The van der Waals surface area contributed by atoms with Gasteiger partial charge in [-0.05, 0) is 60.4 Å². The second-order valence-electron chi connectivity index (χ2n) is 8.66. The molecular weight excluding hydrogens is 504 g/mol. The first kappa shape index (κ1) is 24.7. The molecule has 0 spiro atoms. The van der Waals surface area contributed by atoms with E-state index < -0.39 is 12.0 Å². The molecule has 0 saturated carbocycles. The third-order valence-electron chi connectivity index (χ3n) is 6.64. The summed E-state index contributed by atoms with van der Waals surface area (Å²) in [6.45, 7) is 4.31. The third kappa shape index (κ3) is 4.76. The molecule has 0 bridgehead atoms. The number of methoxy groups -OCH3 is 1. The van der Waals surface area contributed by atoms with Crippen molar-refractivity contribution in [3.8, 4) is 5.75 Å². The van der Waals surface area contributed by atoms with Gasteiger partial charge in [-0.3, -0.25) is 9.59 Å². The van der Waals surface area contributed by atoms with Crippen LogP contribution in [-0.2, 0) is 11.3 Å². The predicted octanol–water partition coefficient (Wildman–Crippen LogP) is 5.72. The van der Waals surface area contributed by atoms with Crippen LogP contribution in [0.15, 0.2) is 77.3 Å². The zero-order valence-electron chi connectivity index (χ0n) is 20.3. The molecule has 6 heteroatoms. The quantitative estimate of drug-likeness (QED) is 0.441. The number of likely N-dealkylation sites (N-methyl/N-ethyl adjacent to an activating group) is 1. The molecule has 3 aromatic rings. The maximum absolute atomic E-state index is 13.9. The van der Waals surface area contributed by atoms with Crippen LogP contribution in [0.5, 0.6) is 5.75 Å². The molecular formula is C29H29BrN2O3. The molecule has 1 aliphatic rings. The molecule has 4 rings (SSSR count). The number of hydrogen-bond donors (Lipinski definition) is 1. The normalized spacial score (nSPS) is 17.7. The van der Waals surface area contributed by atoms with Gasteiger partial charge in [-0.25, -0.2) is 0 Å². The van der Waals surface area contributed by atoms with Crippen molar-refractivity contribution in [2.24, 2.45) is 0 Å². The maximum atomic E-state index is 13.9. The maximum Gasteiger partial charge on any atom is 0.254 e. The number of ether oxygens (including phenoxy) is 1. The van der Waals surface area contributed by atoms with E-state index in [9.17, 15) is 9.59 Å². The number of rotatable bonds is 6. The molecule has 2 atom stereocenters. The van der Waals surface area contributed by atoms with Crippen LogP contribution in [0.4, 0.5) is 0 Å². The summed E-state index contributed by atoms with van der Waals surface area (Å²) in [7, 11) is 3.39. The summed E-state index contributed by atoms with van der Waals surface area (Å²) in [5, 5.41) is 3.12. The highest BCUT2D eigenvalue weighted by atomic mass is 79.9. The van der Waals surface area contributed by atoms with Crippen LogP contribution < -0.4 is 10.1 Å². The van der Waals surface area contributed by atoms with Gasteiger partial charge in [0.15, 0.2) is 0 Å². The van der Waals surface area contributed by atoms with Crippen LogP contribution in [0.1, 0.15) is 45.5 Å². The molecule has 0 aliphatic carbocycles. The molecule has 35 heavy (non-hydrogen) atoms. The standard InChI is InChI=1S/C29H29BrN2O3/c1-5-21(22-11-7-6-10-18(22)2)27-26(23-12-8-9-13-24(23)29(34)32(27)3)28(33)31-17-19-16-20(30)14-15-25(19)35-4/h5-16,26-27H,17H2,1-4H3,(H,31,33)/b21-5+. The topological polar surface area (TPSA) is 58.6 Å². The monoisotopic (exact) mass is 532 g/mol. The fourth-order valence-corrected chi connectivity index (χ4v) is 5.31. The second kappa shape index (κ2) is 10.5. The van der Waals surface area contributed by atoms with Crippen LogP contribution in [0, 0.1) is 6.92 Å². The Morgan fingerprint density at radius 1 is 1.11 bits per heavy atom. The Labute approximate surface area is 214 Å². The molecule has 1 heterocycles. The SMILES string of the molecule is C/C=C(\c1ccccc1C)C1C(C(=O)NCc2cc(Br)ccc2OC)c2ccccc2C(=O)N1C. The Hall–Kier alpha value is -3.38. The van der Waals surface area contributed by atoms with E-state index in [-0.39, 0.29) is 11.8 Å². The summed E-state index contributed by atoms with van der Waals surface area (Å²) >= 11 is 3.50. The van der Waals surface area contributed by atoms with Crippen molar-refractivity contribution in [3.63, 3.8) is 0 Å². The molecule has 5 nitrogen and oxygen atoms in total. The van der Waals surface area contributed by atoms with Crippen molar-refractivity contribution in [1.82, 2.24) is 10.2 Å². The zero-order chi connectivity index (χ0) is 25.1. The molecule has 2 amide bonds. The van der Waals surface area contributed by atoms with Crippen molar-refractivity contribution in [1.29, 1.82) is 0 Å². The zero-order valence-corrected chi connectivity index (χ0v) is 21.9. The summed E-state index contributed by atoms with van der Waals surface area (Å²) in [5.74, 6) is -0.0960. The summed E-state index contributed by atoms with van der Waals surface area (Å²) in [4.78, 5) is 29.0. The minimum absolute atomic E-state index is 0.0868. The third-order valence-corrected chi connectivity index (χ3v) is 7.14. The van der Waals surface area contributed by atoms with Crippen molar-refractivity contribution >= 4 is 33.3 Å². The van der Waals surface area contributed by atoms with Crippen molar-refractivity contribution in [2.45, 2.75) is 32.4 Å². The number of allylic oxidation sites excluding steroid dienone is 1. The molecule has 1 aliphatic heterocycles. The highest BCUT2D eigenvalue weighted by molar-refractivity contribution is 9.10. The van der Waals surface area contributed by atoms with E-state index >= 15 is 0 Å². The predicted molar refractivity (Wildman–Crippen MR) is 142 cm³/mol. The summed E-state index contributed by atoms with van der Waals surface area (Å²) in [5.41, 5.74) is 5.25. The van der Waals surface area contributed by atoms with Crippen LogP contribution in [-0.4, -0.2) is 36.9 Å². The highest BCUT2D eigenvalue weighted by Gasteiger charge is 2.43. The minimum Gasteiger partial charge on any atom is -0.496 e. The first-order valence-electron chi connectivity index (χ1n) is 11.6. The number of amides is 2. The van der Waals surface area contributed by atoms with Crippen LogP contribution in [0.3, 0.4) is 0 Å². The van der Waals surface area contributed by atoms with Gasteiger partial charge in [0.25, 0.3) is 5.91 Å². The number of nitrogens with zero attached hydrogens (tertiary/aromatic N) is 1. The van der Waals surface area contributed by atoms with Gasteiger partial charge in [-0.1, -0.05) is 64.5 Å². The lowest BCUT2D eigenvalue weighted by atomic mass is 9.77. The Bertz CT molecular complexity index is 1300. The highest BCUT2D eigenvalue weighted by Crippen LogP contribution is 2.40. The largest absolute Gasteiger partial charge is 0.496 e. The Kier molecular flexibility index (Phi) is 7.41. The lowest BCUT2D eigenvalue weighted by Crippen LogP contribution is -2.51. The van der Waals surface area contributed by atoms with Crippen LogP contribution in [0.25, 0.3) is 5.57 Å². The number of halogens is 1. The molecule has 0 aromatic heterocycles.